The quantitative estimate of drug-likeness (QED) is 0.527. The van der Waals surface area contributed by atoms with E-state index in [0.29, 0.717) is 16.8 Å². The number of nitrogens with one attached hydrogen (secondary N) is 1. The molecule has 27 heavy (non-hydrogen) atoms. The molecule has 0 fully saturated rings. The minimum atomic E-state index is -0.225. The van der Waals surface area contributed by atoms with Crippen molar-refractivity contribution in [3.63, 3.8) is 0 Å². The van der Waals surface area contributed by atoms with Crippen LogP contribution in [0.3, 0.4) is 0 Å². The fraction of sp³-hybridized carbons (Fsp3) is 0.182. The molecule has 0 saturated carbocycles. The van der Waals surface area contributed by atoms with E-state index in [1.54, 1.807) is 18.6 Å². The maximum atomic E-state index is 12.9. The summed E-state index contributed by atoms with van der Waals surface area (Å²) in [5.74, 6) is 0.509. The second-order valence-electron chi connectivity index (χ2n) is 7.54. The lowest BCUT2D eigenvalue weighted by Gasteiger charge is -2.16. The van der Waals surface area contributed by atoms with Crippen molar-refractivity contribution in [3.05, 3.63) is 72.4 Å². The first-order valence-electron chi connectivity index (χ1n) is 8.84. The number of benzene rings is 2. The highest BCUT2D eigenvalue weighted by molar-refractivity contribution is 6.18. The maximum absolute atomic E-state index is 12.9. The summed E-state index contributed by atoms with van der Waals surface area (Å²) in [7, 11) is 0. The van der Waals surface area contributed by atoms with E-state index in [4.69, 9.17) is 0 Å². The van der Waals surface area contributed by atoms with Crippen molar-refractivity contribution in [2.75, 3.05) is 5.32 Å². The van der Waals surface area contributed by atoms with Gasteiger partial charge in [-0.2, -0.15) is 0 Å². The zero-order valence-electron chi connectivity index (χ0n) is 15.5. The van der Waals surface area contributed by atoms with Gasteiger partial charge in [-0.05, 0) is 22.9 Å². The fourth-order valence-electron chi connectivity index (χ4n) is 3.08. The Morgan fingerprint density at radius 2 is 1.63 bits per heavy atom. The molecule has 0 unspecified atom stereocenters. The normalized spacial score (nSPS) is 11.7. The fourth-order valence-corrected chi connectivity index (χ4v) is 3.08. The molecular weight excluding hydrogens is 336 g/mol. The number of pyridine rings is 1. The Labute approximate surface area is 157 Å². The Morgan fingerprint density at radius 1 is 0.926 bits per heavy atom. The monoisotopic (exact) mass is 356 g/mol. The molecule has 0 saturated heterocycles. The number of carbonyl (C=O) groups is 1. The lowest BCUT2D eigenvalue weighted by Crippen LogP contribution is -2.17. The van der Waals surface area contributed by atoms with Gasteiger partial charge >= 0.3 is 0 Å². The van der Waals surface area contributed by atoms with E-state index in [1.807, 2.05) is 63.2 Å². The molecule has 5 nitrogen and oxygen atoms in total. The van der Waals surface area contributed by atoms with Crippen molar-refractivity contribution < 1.29 is 4.79 Å². The predicted octanol–water partition coefficient (Wildman–Crippen LogP) is 4.73. The van der Waals surface area contributed by atoms with Crippen LogP contribution in [0.4, 0.5) is 5.69 Å². The van der Waals surface area contributed by atoms with E-state index in [2.05, 4.69) is 20.3 Å². The topological polar surface area (TPSA) is 67.8 Å². The van der Waals surface area contributed by atoms with Crippen molar-refractivity contribution >= 4 is 33.3 Å². The lowest BCUT2D eigenvalue weighted by molar-refractivity contribution is 0.102. The van der Waals surface area contributed by atoms with E-state index in [-0.39, 0.29) is 11.3 Å². The molecule has 5 heteroatoms. The Balaban J connectivity index is 1.74. The Morgan fingerprint density at radius 3 is 2.37 bits per heavy atom. The minimum absolute atomic E-state index is 0.138. The highest BCUT2D eigenvalue weighted by atomic mass is 16.1. The molecule has 0 atom stereocenters. The highest BCUT2D eigenvalue weighted by Gasteiger charge is 2.18. The summed E-state index contributed by atoms with van der Waals surface area (Å²) in [6.07, 6.45) is 4.99. The first kappa shape index (κ1) is 17.1. The molecule has 4 rings (SSSR count). The lowest BCUT2D eigenvalue weighted by atomic mass is 9.96. The molecule has 4 aromatic rings. The summed E-state index contributed by atoms with van der Waals surface area (Å²) >= 11 is 0. The summed E-state index contributed by atoms with van der Waals surface area (Å²) in [6.45, 7) is 6.15. The van der Waals surface area contributed by atoms with E-state index in [1.165, 1.54) is 0 Å². The number of amides is 1. The van der Waals surface area contributed by atoms with Gasteiger partial charge in [0.25, 0.3) is 5.91 Å². The van der Waals surface area contributed by atoms with Gasteiger partial charge in [0.05, 0.1) is 29.2 Å². The molecule has 1 amide bonds. The number of carbonyl (C=O) groups excluding carboxylic acids is 1. The molecular formula is C22H20N4O. The third-order valence-electron chi connectivity index (χ3n) is 4.44. The van der Waals surface area contributed by atoms with E-state index in [0.717, 1.165) is 22.0 Å². The average Bonchev–Trinajstić information content (AvgIpc) is 2.67. The largest absolute Gasteiger partial charge is 0.319 e. The van der Waals surface area contributed by atoms with Crippen LogP contribution in [-0.4, -0.2) is 20.9 Å². The van der Waals surface area contributed by atoms with Gasteiger partial charge in [-0.3, -0.25) is 9.78 Å². The van der Waals surface area contributed by atoms with Crippen LogP contribution >= 0.6 is 0 Å². The third kappa shape index (κ3) is 3.24. The van der Waals surface area contributed by atoms with Gasteiger partial charge in [0, 0.05) is 17.0 Å². The molecule has 134 valence electrons. The molecule has 0 aliphatic heterocycles. The molecule has 2 aromatic heterocycles. The van der Waals surface area contributed by atoms with Gasteiger partial charge in [-0.15, -0.1) is 0 Å². The molecule has 1 N–H and O–H groups in total. The number of hydrogen-bond acceptors (Lipinski definition) is 4. The number of aromatic nitrogens is 3. The average molecular weight is 356 g/mol. The van der Waals surface area contributed by atoms with Gasteiger partial charge in [0.15, 0.2) is 0 Å². The molecule has 0 aliphatic rings. The van der Waals surface area contributed by atoms with Crippen molar-refractivity contribution in [1.29, 1.82) is 0 Å². The Bertz CT molecular complexity index is 1140. The van der Waals surface area contributed by atoms with Crippen molar-refractivity contribution in [3.8, 4) is 0 Å². The van der Waals surface area contributed by atoms with Crippen LogP contribution in [-0.2, 0) is 5.41 Å². The van der Waals surface area contributed by atoms with Crippen molar-refractivity contribution in [2.24, 2.45) is 0 Å². The standard InChI is InChI=1S/C22H20N4O/c1-22(2,3)21-24-12-15(13-25-21)26-20(27)18-11-14-7-4-5-8-16(14)17-9-6-10-23-19(17)18/h4-13H,1-3H3,(H,26,27). The maximum Gasteiger partial charge on any atom is 0.257 e. The molecule has 0 bridgehead atoms. The van der Waals surface area contributed by atoms with Crippen LogP contribution in [0.5, 0.6) is 0 Å². The zero-order valence-corrected chi connectivity index (χ0v) is 15.5. The van der Waals surface area contributed by atoms with Crippen LogP contribution in [0.25, 0.3) is 21.7 Å². The highest BCUT2D eigenvalue weighted by Crippen LogP contribution is 2.28. The van der Waals surface area contributed by atoms with E-state index in [9.17, 15) is 4.79 Å². The molecule has 2 heterocycles. The predicted molar refractivity (Wildman–Crippen MR) is 108 cm³/mol. The van der Waals surface area contributed by atoms with Gasteiger partial charge in [-0.1, -0.05) is 51.1 Å². The number of anilines is 1. The smallest absolute Gasteiger partial charge is 0.257 e. The summed E-state index contributed by atoms with van der Waals surface area (Å²) in [6, 6.07) is 13.7. The number of hydrogen-bond donors (Lipinski definition) is 1. The van der Waals surface area contributed by atoms with Gasteiger partial charge in [0.2, 0.25) is 0 Å². The first-order chi connectivity index (χ1) is 12.9. The van der Waals surface area contributed by atoms with Gasteiger partial charge < -0.3 is 5.32 Å². The number of rotatable bonds is 2. The van der Waals surface area contributed by atoms with E-state index >= 15 is 0 Å². The second-order valence-corrected chi connectivity index (χ2v) is 7.54. The summed E-state index contributed by atoms with van der Waals surface area (Å²) in [5, 5.41) is 5.93. The molecule has 0 aliphatic carbocycles. The van der Waals surface area contributed by atoms with Crippen LogP contribution in [0.1, 0.15) is 37.0 Å². The Kier molecular flexibility index (Phi) is 4.07. The SMILES string of the molecule is CC(C)(C)c1ncc(NC(=O)c2cc3ccccc3c3cccnc23)cn1. The number of nitrogens with zero attached hydrogens (tertiary/aromatic N) is 3. The molecule has 0 radical (unpaired) electrons. The summed E-state index contributed by atoms with van der Waals surface area (Å²) in [5.41, 5.74) is 1.64. The molecule has 0 spiro atoms. The third-order valence-corrected chi connectivity index (χ3v) is 4.44. The second kappa shape index (κ2) is 6.43. The summed E-state index contributed by atoms with van der Waals surface area (Å²) < 4.78 is 0. The summed E-state index contributed by atoms with van der Waals surface area (Å²) in [4.78, 5) is 26.1. The zero-order chi connectivity index (χ0) is 19.0. The van der Waals surface area contributed by atoms with Gasteiger partial charge in [0.1, 0.15) is 5.82 Å². The van der Waals surface area contributed by atoms with Crippen LogP contribution in [0, 0.1) is 0 Å². The van der Waals surface area contributed by atoms with E-state index < -0.39 is 0 Å². The minimum Gasteiger partial charge on any atom is -0.319 e. The van der Waals surface area contributed by atoms with Crippen LogP contribution in [0.2, 0.25) is 0 Å². The van der Waals surface area contributed by atoms with Crippen LogP contribution < -0.4 is 5.32 Å². The van der Waals surface area contributed by atoms with Gasteiger partial charge in [-0.25, -0.2) is 9.97 Å². The number of fused-ring (bicyclic) bond motifs is 3. The van der Waals surface area contributed by atoms with Crippen LogP contribution in [0.15, 0.2) is 61.1 Å². The Hall–Kier alpha value is -3.34. The van der Waals surface area contributed by atoms with Crippen molar-refractivity contribution in [2.45, 2.75) is 26.2 Å². The first-order valence-corrected chi connectivity index (χ1v) is 8.84. The van der Waals surface area contributed by atoms with Crippen molar-refractivity contribution in [1.82, 2.24) is 15.0 Å². The molecule has 2 aromatic carbocycles.